The molecule has 2 heteroatoms. The standard InChI is InChI=1S/C10H20O2/c1-5-8(3)10(12-4)7-9(11)6-2/h5,8-11H,1,6-7H2,2-4H3. The highest BCUT2D eigenvalue weighted by atomic mass is 16.5. The van der Waals surface area contributed by atoms with Crippen molar-refractivity contribution in [3.8, 4) is 0 Å². The van der Waals surface area contributed by atoms with Crippen LogP contribution in [0.4, 0.5) is 0 Å². The molecule has 0 aliphatic heterocycles. The van der Waals surface area contributed by atoms with Gasteiger partial charge in [-0.15, -0.1) is 6.58 Å². The third kappa shape index (κ3) is 3.88. The quantitative estimate of drug-likeness (QED) is 0.621. The van der Waals surface area contributed by atoms with Gasteiger partial charge in [0.1, 0.15) is 0 Å². The first-order chi connectivity index (χ1) is 5.65. The number of hydrogen-bond donors (Lipinski definition) is 1. The number of methoxy groups -OCH3 is 1. The van der Waals surface area contributed by atoms with Crippen LogP contribution in [-0.2, 0) is 4.74 Å². The molecule has 0 saturated carbocycles. The smallest absolute Gasteiger partial charge is 0.0655 e. The minimum Gasteiger partial charge on any atom is -0.393 e. The highest BCUT2D eigenvalue weighted by Crippen LogP contribution is 2.14. The summed E-state index contributed by atoms with van der Waals surface area (Å²) < 4.78 is 5.24. The second kappa shape index (κ2) is 6.21. The van der Waals surface area contributed by atoms with E-state index in [2.05, 4.69) is 6.58 Å². The van der Waals surface area contributed by atoms with Gasteiger partial charge < -0.3 is 9.84 Å². The van der Waals surface area contributed by atoms with Crippen LogP contribution in [0.25, 0.3) is 0 Å². The average Bonchev–Trinajstić information content (AvgIpc) is 2.12. The lowest BCUT2D eigenvalue weighted by Gasteiger charge is -2.21. The minimum absolute atomic E-state index is 0.0949. The van der Waals surface area contributed by atoms with Crippen molar-refractivity contribution in [1.82, 2.24) is 0 Å². The second-order valence-corrected chi connectivity index (χ2v) is 3.17. The van der Waals surface area contributed by atoms with E-state index in [-0.39, 0.29) is 12.2 Å². The van der Waals surface area contributed by atoms with Gasteiger partial charge in [-0.3, -0.25) is 0 Å². The first-order valence-corrected chi connectivity index (χ1v) is 4.49. The van der Waals surface area contributed by atoms with Crippen LogP contribution in [0, 0.1) is 5.92 Å². The fourth-order valence-corrected chi connectivity index (χ4v) is 1.11. The third-order valence-electron chi connectivity index (χ3n) is 2.24. The largest absolute Gasteiger partial charge is 0.393 e. The molecule has 0 aromatic heterocycles. The maximum atomic E-state index is 9.39. The van der Waals surface area contributed by atoms with Gasteiger partial charge >= 0.3 is 0 Å². The van der Waals surface area contributed by atoms with Gasteiger partial charge in [0.25, 0.3) is 0 Å². The van der Waals surface area contributed by atoms with E-state index in [4.69, 9.17) is 4.74 Å². The van der Waals surface area contributed by atoms with Gasteiger partial charge in [-0.05, 0) is 6.42 Å². The molecule has 3 unspecified atom stereocenters. The molecule has 0 aromatic carbocycles. The Bertz CT molecular complexity index is 123. The lowest BCUT2D eigenvalue weighted by Crippen LogP contribution is -2.24. The highest BCUT2D eigenvalue weighted by molar-refractivity contribution is 4.83. The Morgan fingerprint density at radius 3 is 2.50 bits per heavy atom. The summed E-state index contributed by atoms with van der Waals surface area (Å²) >= 11 is 0. The zero-order valence-corrected chi connectivity index (χ0v) is 8.29. The van der Waals surface area contributed by atoms with Crippen molar-refractivity contribution in [2.75, 3.05) is 7.11 Å². The number of rotatable bonds is 6. The Morgan fingerprint density at radius 1 is 1.58 bits per heavy atom. The maximum absolute atomic E-state index is 9.39. The van der Waals surface area contributed by atoms with Gasteiger partial charge in [-0.2, -0.15) is 0 Å². The summed E-state index contributed by atoms with van der Waals surface area (Å²) in [6, 6.07) is 0. The van der Waals surface area contributed by atoms with Crippen LogP contribution < -0.4 is 0 Å². The molecule has 0 rings (SSSR count). The van der Waals surface area contributed by atoms with Crippen LogP contribution in [-0.4, -0.2) is 24.4 Å². The van der Waals surface area contributed by atoms with E-state index in [1.165, 1.54) is 0 Å². The van der Waals surface area contributed by atoms with Gasteiger partial charge in [0, 0.05) is 19.4 Å². The van der Waals surface area contributed by atoms with E-state index in [0.717, 1.165) is 6.42 Å². The Balaban J connectivity index is 3.89. The van der Waals surface area contributed by atoms with E-state index in [1.54, 1.807) is 7.11 Å². The Hall–Kier alpha value is -0.340. The number of aliphatic hydroxyl groups excluding tert-OH is 1. The second-order valence-electron chi connectivity index (χ2n) is 3.17. The van der Waals surface area contributed by atoms with Crippen LogP contribution in [0.2, 0.25) is 0 Å². The molecule has 2 nitrogen and oxygen atoms in total. The molecule has 0 bridgehead atoms. The fraction of sp³-hybridized carbons (Fsp3) is 0.800. The van der Waals surface area contributed by atoms with Crippen molar-refractivity contribution < 1.29 is 9.84 Å². The predicted octanol–water partition coefficient (Wildman–Crippen LogP) is 1.98. The Morgan fingerprint density at radius 2 is 2.17 bits per heavy atom. The van der Waals surface area contributed by atoms with Crippen molar-refractivity contribution >= 4 is 0 Å². The molecule has 3 atom stereocenters. The maximum Gasteiger partial charge on any atom is 0.0655 e. The molecule has 72 valence electrons. The molecule has 0 spiro atoms. The summed E-state index contributed by atoms with van der Waals surface area (Å²) in [4.78, 5) is 0. The predicted molar refractivity (Wildman–Crippen MR) is 51.1 cm³/mol. The van der Waals surface area contributed by atoms with Gasteiger partial charge in [0.05, 0.1) is 12.2 Å². The van der Waals surface area contributed by atoms with Crippen LogP contribution in [0.15, 0.2) is 12.7 Å². The molecule has 0 aliphatic rings. The fourth-order valence-electron chi connectivity index (χ4n) is 1.11. The molecular formula is C10H20O2. The molecule has 0 amide bonds. The first-order valence-electron chi connectivity index (χ1n) is 4.49. The normalized spacial score (nSPS) is 18.3. The van der Waals surface area contributed by atoms with Gasteiger partial charge in [-0.1, -0.05) is 19.9 Å². The lowest BCUT2D eigenvalue weighted by molar-refractivity contribution is 0.0239. The monoisotopic (exact) mass is 172 g/mol. The summed E-state index contributed by atoms with van der Waals surface area (Å²) in [6.07, 6.45) is 3.18. The molecule has 0 radical (unpaired) electrons. The van der Waals surface area contributed by atoms with E-state index < -0.39 is 0 Å². The zero-order valence-electron chi connectivity index (χ0n) is 8.29. The minimum atomic E-state index is -0.252. The zero-order chi connectivity index (χ0) is 9.56. The first kappa shape index (κ1) is 11.7. The number of hydrogen-bond acceptors (Lipinski definition) is 2. The molecule has 0 aromatic rings. The molecular weight excluding hydrogens is 152 g/mol. The van der Waals surface area contributed by atoms with Gasteiger partial charge in [0.2, 0.25) is 0 Å². The summed E-state index contributed by atoms with van der Waals surface area (Å²) in [5, 5.41) is 9.39. The van der Waals surface area contributed by atoms with Crippen molar-refractivity contribution in [1.29, 1.82) is 0 Å². The van der Waals surface area contributed by atoms with E-state index >= 15 is 0 Å². The molecule has 12 heavy (non-hydrogen) atoms. The van der Waals surface area contributed by atoms with Crippen LogP contribution in [0.1, 0.15) is 26.7 Å². The Labute approximate surface area is 75.2 Å². The SMILES string of the molecule is C=CC(C)C(CC(O)CC)OC. The lowest BCUT2D eigenvalue weighted by atomic mass is 9.98. The Kier molecular flexibility index (Phi) is 6.03. The topological polar surface area (TPSA) is 29.5 Å². The number of ether oxygens (including phenoxy) is 1. The number of aliphatic hydroxyl groups is 1. The highest BCUT2D eigenvalue weighted by Gasteiger charge is 2.16. The summed E-state index contributed by atoms with van der Waals surface area (Å²) in [6.45, 7) is 7.71. The van der Waals surface area contributed by atoms with Gasteiger partial charge in [-0.25, -0.2) is 0 Å². The van der Waals surface area contributed by atoms with Crippen LogP contribution in [0.5, 0.6) is 0 Å². The molecule has 0 heterocycles. The van der Waals surface area contributed by atoms with Crippen molar-refractivity contribution in [2.45, 2.75) is 38.9 Å². The summed E-state index contributed by atoms with van der Waals surface area (Å²) in [7, 11) is 1.67. The van der Waals surface area contributed by atoms with E-state index in [0.29, 0.717) is 12.3 Å². The third-order valence-corrected chi connectivity index (χ3v) is 2.24. The molecule has 0 fully saturated rings. The van der Waals surface area contributed by atoms with Crippen LogP contribution >= 0.6 is 0 Å². The average molecular weight is 172 g/mol. The van der Waals surface area contributed by atoms with Crippen LogP contribution in [0.3, 0.4) is 0 Å². The molecule has 1 N–H and O–H groups in total. The summed E-state index contributed by atoms with van der Waals surface area (Å²) in [5.74, 6) is 0.302. The van der Waals surface area contributed by atoms with E-state index in [9.17, 15) is 5.11 Å². The van der Waals surface area contributed by atoms with Crippen molar-refractivity contribution in [3.63, 3.8) is 0 Å². The molecule has 0 saturated heterocycles. The van der Waals surface area contributed by atoms with Gasteiger partial charge in [0.15, 0.2) is 0 Å². The van der Waals surface area contributed by atoms with E-state index in [1.807, 2.05) is 19.9 Å². The summed E-state index contributed by atoms with van der Waals surface area (Å²) in [5.41, 5.74) is 0. The molecule has 0 aliphatic carbocycles. The van der Waals surface area contributed by atoms with Crippen molar-refractivity contribution in [2.24, 2.45) is 5.92 Å². The van der Waals surface area contributed by atoms with Crippen molar-refractivity contribution in [3.05, 3.63) is 12.7 Å².